The van der Waals surface area contributed by atoms with Gasteiger partial charge >= 0.3 is 11.8 Å². The first kappa shape index (κ1) is 19.6. The molecule has 0 fully saturated rings. The van der Waals surface area contributed by atoms with Gasteiger partial charge in [-0.25, -0.2) is 0 Å². The average Bonchev–Trinajstić information content (AvgIpc) is 3.03. The summed E-state index contributed by atoms with van der Waals surface area (Å²) in [5.41, 5.74) is 3.41. The number of hydrogen-bond donors (Lipinski definition) is 3. The van der Waals surface area contributed by atoms with Crippen LogP contribution in [0.25, 0.3) is 10.9 Å². The van der Waals surface area contributed by atoms with E-state index in [1.807, 2.05) is 54.2 Å². The summed E-state index contributed by atoms with van der Waals surface area (Å²) in [6, 6.07) is 15.1. The number of hydrogen-bond acceptors (Lipinski definition) is 3. The Morgan fingerprint density at radius 2 is 1.71 bits per heavy atom. The minimum Gasteiger partial charge on any atom is -0.386 e. The third kappa shape index (κ3) is 4.23. The molecule has 0 saturated carbocycles. The number of para-hydroxylation sites is 1. The summed E-state index contributed by atoms with van der Waals surface area (Å²) < 4.78 is 1.92. The average molecular weight is 379 g/mol. The van der Waals surface area contributed by atoms with Gasteiger partial charge in [0.15, 0.2) is 0 Å². The Balaban J connectivity index is 1.59. The standard InChI is InChI=1S/C22H25N3O3/c1-14(2)15-8-10-16(11-9-15)24-22(28)21(27)23-12-20(26)18-13-25(3)19-7-5-4-6-17(18)19/h4-11,13-14,20,26H,12H2,1-3H3,(H,23,27)(H,24,28). The van der Waals surface area contributed by atoms with Gasteiger partial charge in [0.2, 0.25) is 0 Å². The summed E-state index contributed by atoms with van der Waals surface area (Å²) in [5, 5.41) is 16.5. The zero-order valence-electron chi connectivity index (χ0n) is 16.3. The molecule has 146 valence electrons. The summed E-state index contributed by atoms with van der Waals surface area (Å²) >= 11 is 0. The molecule has 0 aliphatic rings. The van der Waals surface area contributed by atoms with Crippen molar-refractivity contribution in [2.45, 2.75) is 25.9 Å². The fraction of sp³-hybridized carbons (Fsp3) is 0.273. The number of fused-ring (bicyclic) bond motifs is 1. The minimum absolute atomic E-state index is 0.0491. The number of carbonyl (C=O) groups excluding carboxylic acids is 2. The second-order valence-electron chi connectivity index (χ2n) is 7.17. The van der Waals surface area contributed by atoms with Gasteiger partial charge in [-0.3, -0.25) is 9.59 Å². The van der Waals surface area contributed by atoms with Gasteiger partial charge in [0.05, 0.1) is 6.10 Å². The number of nitrogens with one attached hydrogen (secondary N) is 2. The third-order valence-electron chi connectivity index (χ3n) is 4.78. The van der Waals surface area contributed by atoms with Crippen molar-refractivity contribution in [1.82, 2.24) is 9.88 Å². The zero-order chi connectivity index (χ0) is 20.3. The van der Waals surface area contributed by atoms with Crippen LogP contribution in [0.3, 0.4) is 0 Å². The predicted molar refractivity (Wildman–Crippen MR) is 110 cm³/mol. The van der Waals surface area contributed by atoms with E-state index in [0.717, 1.165) is 16.5 Å². The van der Waals surface area contributed by atoms with Gasteiger partial charge in [0.25, 0.3) is 0 Å². The van der Waals surface area contributed by atoms with E-state index in [1.54, 1.807) is 12.1 Å². The predicted octanol–water partition coefficient (Wildman–Crippen LogP) is 3.09. The Morgan fingerprint density at radius 3 is 2.39 bits per heavy atom. The Kier molecular flexibility index (Phi) is 5.80. The second-order valence-corrected chi connectivity index (χ2v) is 7.17. The lowest BCUT2D eigenvalue weighted by Gasteiger charge is -2.12. The van der Waals surface area contributed by atoms with Gasteiger partial charge in [0.1, 0.15) is 0 Å². The van der Waals surface area contributed by atoms with Gasteiger partial charge in [-0.05, 0) is 29.7 Å². The van der Waals surface area contributed by atoms with Gasteiger partial charge in [-0.2, -0.15) is 0 Å². The lowest BCUT2D eigenvalue weighted by Crippen LogP contribution is -2.37. The van der Waals surface area contributed by atoms with Crippen molar-refractivity contribution < 1.29 is 14.7 Å². The van der Waals surface area contributed by atoms with Crippen LogP contribution in [0.4, 0.5) is 5.69 Å². The van der Waals surface area contributed by atoms with E-state index >= 15 is 0 Å². The maximum absolute atomic E-state index is 12.1. The molecule has 1 aromatic heterocycles. The SMILES string of the molecule is CC(C)c1ccc(NC(=O)C(=O)NCC(O)c2cn(C)c3ccccc23)cc1. The first-order valence-corrected chi connectivity index (χ1v) is 9.28. The lowest BCUT2D eigenvalue weighted by atomic mass is 10.0. The Hall–Kier alpha value is -3.12. The molecule has 2 aromatic carbocycles. The van der Waals surface area contributed by atoms with E-state index in [1.165, 1.54) is 0 Å². The Bertz CT molecular complexity index is 990. The highest BCUT2D eigenvalue weighted by molar-refractivity contribution is 6.39. The largest absolute Gasteiger partial charge is 0.386 e. The fourth-order valence-corrected chi connectivity index (χ4v) is 3.16. The van der Waals surface area contributed by atoms with Crippen molar-refractivity contribution in [3.63, 3.8) is 0 Å². The van der Waals surface area contributed by atoms with Crippen molar-refractivity contribution in [2.24, 2.45) is 7.05 Å². The Morgan fingerprint density at radius 1 is 1.04 bits per heavy atom. The van der Waals surface area contributed by atoms with E-state index < -0.39 is 17.9 Å². The minimum atomic E-state index is -0.909. The summed E-state index contributed by atoms with van der Waals surface area (Å²) in [5.74, 6) is -1.15. The molecule has 1 heterocycles. The van der Waals surface area contributed by atoms with E-state index in [9.17, 15) is 14.7 Å². The molecule has 3 rings (SSSR count). The maximum atomic E-state index is 12.1. The van der Waals surface area contributed by atoms with Crippen LogP contribution in [-0.2, 0) is 16.6 Å². The number of anilines is 1. The van der Waals surface area contributed by atoms with E-state index in [4.69, 9.17) is 0 Å². The molecule has 2 amide bonds. The number of benzene rings is 2. The van der Waals surface area contributed by atoms with Gasteiger partial charge in [-0.15, -0.1) is 0 Å². The van der Waals surface area contributed by atoms with Crippen molar-refractivity contribution in [1.29, 1.82) is 0 Å². The van der Waals surface area contributed by atoms with Crippen LogP contribution in [-0.4, -0.2) is 28.0 Å². The molecule has 0 radical (unpaired) electrons. The van der Waals surface area contributed by atoms with Crippen molar-refractivity contribution in [2.75, 3.05) is 11.9 Å². The molecule has 0 aliphatic heterocycles. The van der Waals surface area contributed by atoms with Crippen LogP contribution in [0.2, 0.25) is 0 Å². The maximum Gasteiger partial charge on any atom is 0.313 e. The molecule has 0 spiro atoms. The number of nitrogens with zero attached hydrogens (tertiary/aromatic N) is 1. The number of amides is 2. The molecule has 1 unspecified atom stereocenters. The van der Waals surface area contributed by atoms with E-state index in [2.05, 4.69) is 24.5 Å². The van der Waals surface area contributed by atoms with Crippen molar-refractivity contribution in [3.05, 3.63) is 65.9 Å². The normalized spacial score (nSPS) is 12.2. The van der Waals surface area contributed by atoms with E-state index in [-0.39, 0.29) is 6.54 Å². The van der Waals surface area contributed by atoms with Crippen LogP contribution < -0.4 is 10.6 Å². The summed E-state index contributed by atoms with van der Waals surface area (Å²) in [7, 11) is 1.90. The molecule has 6 heteroatoms. The lowest BCUT2D eigenvalue weighted by molar-refractivity contribution is -0.136. The highest BCUT2D eigenvalue weighted by Gasteiger charge is 2.18. The monoisotopic (exact) mass is 379 g/mol. The second kappa shape index (κ2) is 8.27. The molecule has 6 nitrogen and oxygen atoms in total. The number of aliphatic hydroxyl groups is 1. The summed E-state index contributed by atoms with van der Waals surface area (Å²) in [4.78, 5) is 24.2. The summed E-state index contributed by atoms with van der Waals surface area (Å²) in [6.07, 6.45) is 0.922. The molecule has 3 aromatic rings. The van der Waals surface area contributed by atoms with Crippen LogP contribution in [0.15, 0.2) is 54.7 Å². The first-order chi connectivity index (χ1) is 13.4. The van der Waals surface area contributed by atoms with Gasteiger partial charge in [-0.1, -0.05) is 44.2 Å². The Labute approximate surface area is 164 Å². The van der Waals surface area contributed by atoms with Crippen LogP contribution in [0.5, 0.6) is 0 Å². The molecule has 0 aliphatic carbocycles. The zero-order valence-corrected chi connectivity index (χ0v) is 16.3. The number of aryl methyl sites for hydroxylation is 1. The van der Waals surface area contributed by atoms with Crippen LogP contribution >= 0.6 is 0 Å². The fourth-order valence-electron chi connectivity index (χ4n) is 3.16. The van der Waals surface area contributed by atoms with E-state index in [0.29, 0.717) is 17.2 Å². The number of rotatable bonds is 5. The molecular formula is C22H25N3O3. The molecule has 28 heavy (non-hydrogen) atoms. The molecule has 0 bridgehead atoms. The summed E-state index contributed by atoms with van der Waals surface area (Å²) in [6.45, 7) is 4.12. The van der Waals surface area contributed by atoms with Crippen molar-refractivity contribution >= 4 is 28.4 Å². The topological polar surface area (TPSA) is 83.4 Å². The van der Waals surface area contributed by atoms with Crippen LogP contribution in [0, 0.1) is 0 Å². The first-order valence-electron chi connectivity index (χ1n) is 9.28. The van der Waals surface area contributed by atoms with Crippen LogP contribution in [0.1, 0.15) is 37.0 Å². The molecule has 3 N–H and O–H groups in total. The van der Waals surface area contributed by atoms with Gasteiger partial charge < -0.3 is 20.3 Å². The van der Waals surface area contributed by atoms with Crippen molar-refractivity contribution in [3.8, 4) is 0 Å². The number of carbonyl (C=O) groups is 2. The highest BCUT2D eigenvalue weighted by atomic mass is 16.3. The molecule has 0 saturated heterocycles. The third-order valence-corrected chi connectivity index (χ3v) is 4.78. The number of aromatic nitrogens is 1. The molecular weight excluding hydrogens is 354 g/mol. The smallest absolute Gasteiger partial charge is 0.313 e. The quantitative estimate of drug-likeness (QED) is 0.596. The highest BCUT2D eigenvalue weighted by Crippen LogP contribution is 2.25. The molecule has 1 atom stereocenters. The van der Waals surface area contributed by atoms with Gasteiger partial charge in [0, 0.05) is 41.9 Å². The number of aliphatic hydroxyl groups excluding tert-OH is 1.